The van der Waals surface area contributed by atoms with Crippen molar-refractivity contribution in [2.75, 3.05) is 9.80 Å². The van der Waals surface area contributed by atoms with Gasteiger partial charge in [-0.1, -0.05) is 234 Å². The molecule has 0 saturated heterocycles. The second-order valence-electron chi connectivity index (χ2n) is 22.2. The van der Waals surface area contributed by atoms with Crippen LogP contribution in [0, 0.1) is 0 Å². The lowest BCUT2D eigenvalue weighted by atomic mass is 9.81. The van der Waals surface area contributed by atoms with Gasteiger partial charge < -0.3 is 9.80 Å². The van der Waals surface area contributed by atoms with Gasteiger partial charge in [0, 0.05) is 45.0 Å². The van der Waals surface area contributed by atoms with Crippen LogP contribution < -0.4 is 9.80 Å². The molecular weight excluding hydrogens is 941 g/mol. The number of rotatable bonds is 10. The molecule has 0 bridgehead atoms. The summed E-state index contributed by atoms with van der Waals surface area (Å²) in [6.45, 7) is 9.51. The van der Waals surface area contributed by atoms with E-state index >= 15 is 0 Å². The molecule has 12 aromatic rings. The Morgan fingerprint density at radius 2 is 0.590 bits per heavy atom. The summed E-state index contributed by atoms with van der Waals surface area (Å²) in [4.78, 5) is 4.78. The van der Waals surface area contributed by atoms with Gasteiger partial charge >= 0.3 is 0 Å². The Labute approximate surface area is 458 Å². The van der Waals surface area contributed by atoms with Crippen LogP contribution in [0.25, 0.3) is 78.9 Å². The van der Waals surface area contributed by atoms with Crippen LogP contribution in [0.1, 0.15) is 72.2 Å². The van der Waals surface area contributed by atoms with Crippen molar-refractivity contribution in [1.82, 2.24) is 0 Å². The number of nitrogens with zero attached hydrogens (tertiary/aromatic N) is 2. The molecule has 0 N–H and O–H groups in total. The summed E-state index contributed by atoms with van der Waals surface area (Å²) in [5, 5.41) is 7.42. The highest BCUT2D eigenvalue weighted by molar-refractivity contribution is 6.00. The van der Waals surface area contributed by atoms with Crippen LogP contribution in [-0.4, -0.2) is 0 Å². The Morgan fingerprint density at radius 1 is 0.256 bits per heavy atom. The van der Waals surface area contributed by atoms with Crippen molar-refractivity contribution in [3.63, 3.8) is 0 Å². The van der Waals surface area contributed by atoms with Gasteiger partial charge in [0.2, 0.25) is 0 Å². The third-order valence-corrected chi connectivity index (χ3v) is 16.8. The molecule has 0 saturated carbocycles. The standard InChI is InChI=1S/C76H58N2/c1-75(2)71-45-51(29-41-67(71)69-43-39-63(49-73(69)75)77(59-21-7-5-8-22-59)61-37-35-53-17-11-13-19-57(53)47-61)27-31-55-33-34-56(66-26-16-15-25-65(55)66)32-28-52-30-42-68-70-44-40-64(50-74(70)76(3,4)72(68)46-52)78(60-23-9-6-10-24-60)62-38-36-54-18-12-14-20-58(54)48-62/h5-50H,1-4H3/b31-27+,32-28+. The van der Waals surface area contributed by atoms with Crippen molar-refractivity contribution in [2.24, 2.45) is 0 Å². The SMILES string of the molecule is CC1(C)c2cc(/C=C/c3ccc(/C=C/c4ccc5c(c4)C(C)(C)c4cc(N(c6ccccc6)c6ccc7ccccc7c6)ccc4-5)c4ccccc34)ccc2-c2ccc(N(c3ccccc3)c3ccc4ccccc4c3)cc21. The summed E-state index contributed by atoms with van der Waals surface area (Å²) >= 11 is 0. The van der Waals surface area contributed by atoms with E-state index in [0.717, 1.165) is 34.1 Å². The normalized spacial score (nSPS) is 13.7. The molecule has 2 aliphatic carbocycles. The van der Waals surface area contributed by atoms with Crippen LogP contribution in [0.3, 0.4) is 0 Å². The molecule has 0 unspecified atom stereocenters. The van der Waals surface area contributed by atoms with Gasteiger partial charge in [-0.15, -0.1) is 0 Å². The van der Waals surface area contributed by atoms with Crippen molar-refractivity contribution < 1.29 is 0 Å². The molecule has 0 aliphatic heterocycles. The fourth-order valence-electron chi connectivity index (χ4n) is 12.7. The highest BCUT2D eigenvalue weighted by atomic mass is 15.1. The first-order chi connectivity index (χ1) is 38.2. The average molecular weight is 999 g/mol. The quantitative estimate of drug-likeness (QED) is 0.126. The van der Waals surface area contributed by atoms with E-state index in [1.165, 1.54) is 99.1 Å². The summed E-state index contributed by atoms with van der Waals surface area (Å²) in [6, 6.07) is 93.7. The van der Waals surface area contributed by atoms with Gasteiger partial charge in [0.1, 0.15) is 0 Å². The van der Waals surface area contributed by atoms with Crippen LogP contribution in [0.5, 0.6) is 0 Å². The maximum Gasteiger partial charge on any atom is 0.0468 e. The summed E-state index contributed by atoms with van der Waals surface area (Å²) in [5.74, 6) is 0. The zero-order valence-corrected chi connectivity index (χ0v) is 44.5. The Hall–Kier alpha value is -9.50. The summed E-state index contributed by atoms with van der Waals surface area (Å²) in [6.07, 6.45) is 9.15. The maximum atomic E-state index is 2.42. The number of anilines is 6. The largest absolute Gasteiger partial charge is 0.310 e. The molecule has 0 fully saturated rings. The first-order valence-corrected chi connectivity index (χ1v) is 27.3. The number of para-hydroxylation sites is 2. The molecule has 14 rings (SSSR count). The first-order valence-electron chi connectivity index (χ1n) is 27.3. The highest BCUT2D eigenvalue weighted by Crippen LogP contribution is 2.53. The molecular formula is C76H58N2. The van der Waals surface area contributed by atoms with Gasteiger partial charge in [0.25, 0.3) is 0 Å². The molecule has 12 aromatic carbocycles. The monoisotopic (exact) mass is 998 g/mol. The molecule has 0 heterocycles. The van der Waals surface area contributed by atoms with E-state index in [1.807, 2.05) is 0 Å². The van der Waals surface area contributed by atoms with Crippen LogP contribution in [0.4, 0.5) is 34.1 Å². The third-order valence-electron chi connectivity index (χ3n) is 16.8. The van der Waals surface area contributed by atoms with Crippen LogP contribution in [-0.2, 0) is 10.8 Å². The second kappa shape index (κ2) is 18.7. The van der Waals surface area contributed by atoms with E-state index in [1.54, 1.807) is 0 Å². The van der Waals surface area contributed by atoms with Crippen molar-refractivity contribution >= 4 is 90.7 Å². The average Bonchev–Trinajstić information content (AvgIpc) is 4.08. The zero-order chi connectivity index (χ0) is 52.5. The second-order valence-corrected chi connectivity index (χ2v) is 22.2. The number of hydrogen-bond acceptors (Lipinski definition) is 2. The van der Waals surface area contributed by atoms with Crippen LogP contribution >= 0.6 is 0 Å². The van der Waals surface area contributed by atoms with E-state index in [9.17, 15) is 0 Å². The van der Waals surface area contributed by atoms with E-state index in [-0.39, 0.29) is 10.8 Å². The maximum absolute atomic E-state index is 2.42. The fourth-order valence-corrected chi connectivity index (χ4v) is 12.7. The van der Waals surface area contributed by atoms with E-state index in [0.29, 0.717) is 0 Å². The van der Waals surface area contributed by atoms with Crippen LogP contribution in [0.15, 0.2) is 255 Å². The Bertz CT molecular complexity index is 4100. The van der Waals surface area contributed by atoms with E-state index in [2.05, 4.69) is 317 Å². The molecule has 0 aromatic heterocycles. The molecule has 2 aliphatic rings. The smallest absolute Gasteiger partial charge is 0.0468 e. The van der Waals surface area contributed by atoms with Crippen molar-refractivity contribution in [1.29, 1.82) is 0 Å². The lowest BCUT2D eigenvalue weighted by Crippen LogP contribution is -2.16. The van der Waals surface area contributed by atoms with E-state index < -0.39 is 0 Å². The van der Waals surface area contributed by atoms with Crippen molar-refractivity contribution in [3.05, 3.63) is 299 Å². The molecule has 0 atom stereocenters. The zero-order valence-electron chi connectivity index (χ0n) is 44.5. The Balaban J connectivity index is 0.728. The predicted octanol–water partition coefficient (Wildman–Crippen LogP) is 21.0. The topological polar surface area (TPSA) is 6.48 Å². The predicted molar refractivity (Wildman–Crippen MR) is 334 cm³/mol. The summed E-state index contributed by atoms with van der Waals surface area (Å²) < 4.78 is 0. The fraction of sp³-hybridized carbons (Fsp3) is 0.0789. The molecule has 0 radical (unpaired) electrons. The van der Waals surface area contributed by atoms with E-state index in [4.69, 9.17) is 0 Å². The highest BCUT2D eigenvalue weighted by Gasteiger charge is 2.38. The number of benzene rings is 12. The number of fused-ring (bicyclic) bond motifs is 9. The van der Waals surface area contributed by atoms with Gasteiger partial charge in [-0.3, -0.25) is 0 Å². The minimum Gasteiger partial charge on any atom is -0.310 e. The molecule has 2 nitrogen and oxygen atoms in total. The van der Waals surface area contributed by atoms with Gasteiger partial charge in [0.15, 0.2) is 0 Å². The Kier molecular flexibility index (Phi) is 11.2. The molecule has 372 valence electrons. The number of hydrogen-bond donors (Lipinski definition) is 0. The molecule has 0 spiro atoms. The summed E-state index contributed by atoms with van der Waals surface area (Å²) in [5.41, 5.74) is 21.9. The third kappa shape index (κ3) is 8.03. The lowest BCUT2D eigenvalue weighted by molar-refractivity contribution is 0.660. The van der Waals surface area contributed by atoms with Gasteiger partial charge in [-0.25, -0.2) is 0 Å². The Morgan fingerprint density at radius 3 is 1.01 bits per heavy atom. The van der Waals surface area contributed by atoms with Gasteiger partial charge in [0.05, 0.1) is 0 Å². The molecule has 78 heavy (non-hydrogen) atoms. The van der Waals surface area contributed by atoms with Gasteiger partial charge in [-0.05, 0) is 172 Å². The summed E-state index contributed by atoms with van der Waals surface area (Å²) in [7, 11) is 0. The minimum atomic E-state index is -0.192. The van der Waals surface area contributed by atoms with Gasteiger partial charge in [-0.2, -0.15) is 0 Å². The molecule has 2 heteroatoms. The van der Waals surface area contributed by atoms with Crippen LogP contribution in [0.2, 0.25) is 0 Å². The molecule has 0 amide bonds. The van der Waals surface area contributed by atoms with Crippen molar-refractivity contribution in [2.45, 2.75) is 38.5 Å². The lowest BCUT2D eigenvalue weighted by Gasteiger charge is -2.28. The van der Waals surface area contributed by atoms with Crippen molar-refractivity contribution in [3.8, 4) is 22.3 Å². The first kappa shape index (κ1) is 47.0. The minimum absolute atomic E-state index is 0.192.